The lowest BCUT2D eigenvalue weighted by atomic mass is 10.4. The second-order valence-electron chi connectivity index (χ2n) is 2.59. The molecule has 0 aliphatic rings. The topological polar surface area (TPSA) is 15.6 Å². The van der Waals surface area contributed by atoms with E-state index in [2.05, 4.69) is 11.8 Å². The van der Waals surface area contributed by atoms with Crippen molar-refractivity contribution >= 4 is 29.7 Å². The number of halogens is 1. The third-order valence-corrected chi connectivity index (χ3v) is 2.98. The molecule has 0 aliphatic heterocycles. The molecule has 1 heterocycles. The van der Waals surface area contributed by atoms with Gasteiger partial charge in [-0.25, -0.2) is 0 Å². The van der Waals surface area contributed by atoms with Gasteiger partial charge in [-0.2, -0.15) is 5.10 Å². The largest absolute Gasteiger partial charge is 0.295 e. The maximum Gasteiger partial charge on any atom is 0.0715 e. The minimum Gasteiger partial charge on any atom is -0.295 e. The lowest BCUT2D eigenvalue weighted by Crippen LogP contribution is -2.08. The van der Waals surface area contributed by atoms with Crippen LogP contribution in [0.25, 0.3) is 0 Å². The first-order valence-electron chi connectivity index (χ1n) is 3.56. The molecule has 0 aliphatic carbocycles. The normalized spacial score (nSPS) is 9.92. The molecular weight excluding hydrogens is 192 g/mol. The van der Waals surface area contributed by atoms with E-state index in [4.69, 9.17) is 11.6 Å². The van der Waals surface area contributed by atoms with Crippen LogP contribution in [0.15, 0.2) is 11.2 Å². The van der Waals surface area contributed by atoms with E-state index < -0.39 is 0 Å². The predicted octanol–water partition coefficient (Wildman–Crippen LogP) is 2.76. The molecule has 12 heavy (non-hydrogen) atoms. The molecule has 0 aromatic carbocycles. The molecule has 0 bridgehead atoms. The number of thiophene rings is 1. The summed E-state index contributed by atoms with van der Waals surface area (Å²) < 4.78 is 0. The molecule has 4 heteroatoms. The van der Waals surface area contributed by atoms with E-state index in [1.807, 2.05) is 20.0 Å². The van der Waals surface area contributed by atoms with E-state index in [0.717, 1.165) is 16.4 Å². The van der Waals surface area contributed by atoms with Gasteiger partial charge in [0.25, 0.3) is 0 Å². The van der Waals surface area contributed by atoms with Crippen molar-refractivity contribution in [2.24, 2.45) is 5.10 Å². The van der Waals surface area contributed by atoms with Crippen LogP contribution < -0.4 is 0 Å². The van der Waals surface area contributed by atoms with Gasteiger partial charge in [-0.05, 0) is 13.0 Å². The minimum absolute atomic E-state index is 0.737. The van der Waals surface area contributed by atoms with Crippen LogP contribution >= 0.6 is 22.9 Å². The Bertz CT molecular complexity index is 283. The standard InChI is InChI=1S/C8H11ClN2S/c1-6-4-7(9)8(12-6)5-11(3)10-2/h4H,2,5H2,1,3H3. The number of hydrazone groups is 1. The van der Waals surface area contributed by atoms with Crippen LogP contribution in [-0.2, 0) is 6.54 Å². The molecular formula is C8H11ClN2S. The number of hydrogen-bond acceptors (Lipinski definition) is 3. The van der Waals surface area contributed by atoms with Gasteiger partial charge in [0.15, 0.2) is 0 Å². The molecule has 0 N–H and O–H groups in total. The lowest BCUT2D eigenvalue weighted by Gasteiger charge is -2.09. The Labute approximate surface area is 81.5 Å². The third kappa shape index (κ3) is 2.22. The van der Waals surface area contributed by atoms with Gasteiger partial charge in [0.05, 0.1) is 11.6 Å². The molecule has 2 nitrogen and oxygen atoms in total. The smallest absolute Gasteiger partial charge is 0.0715 e. The summed E-state index contributed by atoms with van der Waals surface area (Å²) in [5.74, 6) is 0. The molecule has 0 atom stereocenters. The van der Waals surface area contributed by atoms with Crippen molar-refractivity contribution in [1.82, 2.24) is 5.01 Å². The Hall–Kier alpha value is -0.540. The van der Waals surface area contributed by atoms with Gasteiger partial charge in [0, 0.05) is 23.5 Å². The van der Waals surface area contributed by atoms with Crippen LogP contribution in [0.5, 0.6) is 0 Å². The third-order valence-electron chi connectivity index (χ3n) is 1.49. The van der Waals surface area contributed by atoms with E-state index in [0.29, 0.717) is 0 Å². The van der Waals surface area contributed by atoms with Crippen molar-refractivity contribution in [1.29, 1.82) is 0 Å². The Morgan fingerprint density at radius 3 is 2.83 bits per heavy atom. The molecule has 0 fully saturated rings. The summed E-state index contributed by atoms with van der Waals surface area (Å²) in [7, 11) is 1.87. The van der Waals surface area contributed by atoms with Gasteiger partial charge in [0.2, 0.25) is 0 Å². The van der Waals surface area contributed by atoms with Gasteiger partial charge < -0.3 is 0 Å². The zero-order valence-corrected chi connectivity index (χ0v) is 8.74. The van der Waals surface area contributed by atoms with Crippen molar-refractivity contribution in [2.45, 2.75) is 13.5 Å². The molecule has 1 aromatic rings. The molecule has 0 saturated carbocycles. The van der Waals surface area contributed by atoms with E-state index >= 15 is 0 Å². The average molecular weight is 203 g/mol. The highest BCUT2D eigenvalue weighted by molar-refractivity contribution is 7.12. The molecule has 0 saturated heterocycles. The van der Waals surface area contributed by atoms with E-state index in [9.17, 15) is 0 Å². The molecule has 0 unspecified atom stereocenters. The molecule has 66 valence electrons. The van der Waals surface area contributed by atoms with Crippen molar-refractivity contribution in [2.75, 3.05) is 7.05 Å². The first-order valence-corrected chi connectivity index (χ1v) is 4.75. The first-order chi connectivity index (χ1) is 5.63. The number of nitrogens with zero attached hydrogens (tertiary/aromatic N) is 2. The zero-order chi connectivity index (χ0) is 9.14. The highest BCUT2D eigenvalue weighted by atomic mass is 35.5. The average Bonchev–Trinajstić information content (AvgIpc) is 2.30. The maximum absolute atomic E-state index is 5.97. The minimum atomic E-state index is 0.737. The molecule has 0 spiro atoms. The first kappa shape index (κ1) is 9.55. The van der Waals surface area contributed by atoms with Crippen LogP contribution in [0, 0.1) is 6.92 Å². The summed E-state index contributed by atoms with van der Waals surface area (Å²) in [4.78, 5) is 2.37. The summed E-state index contributed by atoms with van der Waals surface area (Å²) in [6.07, 6.45) is 0. The maximum atomic E-state index is 5.97. The van der Waals surface area contributed by atoms with Crippen molar-refractivity contribution in [3.8, 4) is 0 Å². The molecule has 0 amide bonds. The van der Waals surface area contributed by atoms with E-state index in [-0.39, 0.29) is 0 Å². The molecule has 1 aromatic heterocycles. The highest BCUT2D eigenvalue weighted by Crippen LogP contribution is 2.27. The summed E-state index contributed by atoms with van der Waals surface area (Å²) >= 11 is 7.66. The highest BCUT2D eigenvalue weighted by Gasteiger charge is 2.05. The predicted molar refractivity (Wildman–Crippen MR) is 55.1 cm³/mol. The van der Waals surface area contributed by atoms with Gasteiger partial charge in [0.1, 0.15) is 0 Å². The summed E-state index contributed by atoms with van der Waals surface area (Å²) in [6.45, 7) is 6.21. The van der Waals surface area contributed by atoms with Gasteiger partial charge in [-0.3, -0.25) is 5.01 Å². The number of aryl methyl sites for hydroxylation is 1. The van der Waals surface area contributed by atoms with Crippen LogP contribution in [0.4, 0.5) is 0 Å². The summed E-state index contributed by atoms with van der Waals surface area (Å²) in [6, 6.07) is 1.97. The zero-order valence-electron chi connectivity index (χ0n) is 7.17. The SMILES string of the molecule is C=NN(C)Cc1sc(C)cc1Cl. The van der Waals surface area contributed by atoms with Gasteiger partial charge in [-0.15, -0.1) is 11.3 Å². The van der Waals surface area contributed by atoms with Crippen LogP contribution in [0.1, 0.15) is 9.75 Å². The molecule has 0 radical (unpaired) electrons. The van der Waals surface area contributed by atoms with Gasteiger partial charge >= 0.3 is 0 Å². The van der Waals surface area contributed by atoms with Crippen LogP contribution in [0.3, 0.4) is 0 Å². The fourth-order valence-electron chi connectivity index (χ4n) is 0.897. The second kappa shape index (κ2) is 3.92. The fraction of sp³-hybridized carbons (Fsp3) is 0.375. The van der Waals surface area contributed by atoms with Crippen molar-refractivity contribution in [3.63, 3.8) is 0 Å². The van der Waals surface area contributed by atoms with E-state index in [1.54, 1.807) is 16.3 Å². The monoisotopic (exact) mass is 202 g/mol. The Morgan fingerprint density at radius 2 is 2.42 bits per heavy atom. The number of rotatable bonds is 3. The summed E-state index contributed by atoms with van der Waals surface area (Å²) in [5.41, 5.74) is 0. The van der Waals surface area contributed by atoms with Gasteiger partial charge in [-0.1, -0.05) is 11.6 Å². The Kier molecular flexibility index (Phi) is 3.12. The second-order valence-corrected chi connectivity index (χ2v) is 4.33. The van der Waals surface area contributed by atoms with Crippen LogP contribution in [0.2, 0.25) is 5.02 Å². The van der Waals surface area contributed by atoms with E-state index in [1.165, 1.54) is 4.88 Å². The fourth-order valence-corrected chi connectivity index (χ4v) is 2.27. The van der Waals surface area contributed by atoms with Crippen LogP contribution in [-0.4, -0.2) is 18.8 Å². The number of hydrogen-bond donors (Lipinski definition) is 0. The quantitative estimate of drug-likeness (QED) is 0.544. The lowest BCUT2D eigenvalue weighted by molar-refractivity contribution is 0.353. The van der Waals surface area contributed by atoms with Crippen molar-refractivity contribution < 1.29 is 0 Å². The Morgan fingerprint density at radius 1 is 1.75 bits per heavy atom. The van der Waals surface area contributed by atoms with Crippen molar-refractivity contribution in [3.05, 3.63) is 20.8 Å². The Balaban J connectivity index is 2.74. The summed E-state index contributed by atoms with van der Waals surface area (Å²) in [5, 5.41) is 6.35. The molecule has 1 rings (SSSR count).